The molecule has 0 aromatic carbocycles. The second kappa shape index (κ2) is 4.01. The fraction of sp³-hybridized carbons (Fsp3) is 0.500. The number of Topliss-reactive ketones (excluding diaryl/α,β-unsaturated/α-hetero) is 1. The Labute approximate surface area is 71.2 Å². The molecule has 0 spiro atoms. The van der Waals surface area contributed by atoms with E-state index in [4.69, 9.17) is 4.74 Å². The lowest BCUT2D eigenvalue weighted by Gasteiger charge is -1.99. The molecule has 0 fully saturated rings. The molecule has 0 aliphatic carbocycles. The fourth-order valence-electron chi connectivity index (χ4n) is 0.955. The van der Waals surface area contributed by atoms with E-state index < -0.39 is 0 Å². The van der Waals surface area contributed by atoms with Crippen LogP contribution in [-0.4, -0.2) is 29.1 Å². The van der Waals surface area contributed by atoms with Crippen LogP contribution in [0.3, 0.4) is 0 Å². The molecule has 0 unspecified atom stereocenters. The number of aromatic nitrogens is 2. The second-order valence-electron chi connectivity index (χ2n) is 2.60. The van der Waals surface area contributed by atoms with E-state index in [-0.39, 0.29) is 12.4 Å². The minimum Gasteiger partial charge on any atom is -0.377 e. The van der Waals surface area contributed by atoms with E-state index in [1.807, 2.05) is 17.8 Å². The number of methoxy groups -OCH3 is 1. The van der Waals surface area contributed by atoms with Crippen molar-refractivity contribution >= 4 is 5.78 Å². The minimum atomic E-state index is 0.0480. The number of imidazole rings is 1. The van der Waals surface area contributed by atoms with Crippen molar-refractivity contribution in [3.8, 4) is 0 Å². The quantitative estimate of drug-likeness (QED) is 0.644. The van der Waals surface area contributed by atoms with Crippen LogP contribution in [0.2, 0.25) is 0 Å². The van der Waals surface area contributed by atoms with Crippen LogP contribution in [0.1, 0.15) is 5.82 Å². The number of nitrogens with zero attached hydrogens (tertiary/aromatic N) is 2. The van der Waals surface area contributed by atoms with Crippen LogP contribution < -0.4 is 0 Å². The summed E-state index contributed by atoms with van der Waals surface area (Å²) in [6.07, 6.45) is 3.84. The van der Waals surface area contributed by atoms with Crippen LogP contribution in [-0.2, 0) is 23.0 Å². The lowest BCUT2D eigenvalue weighted by molar-refractivity contribution is -0.122. The van der Waals surface area contributed by atoms with Crippen molar-refractivity contribution in [2.75, 3.05) is 13.7 Å². The molecule has 4 nitrogen and oxygen atoms in total. The Balaban J connectivity index is 2.52. The Bertz CT molecular complexity index is 268. The predicted octanol–water partition coefficient (Wildman–Crippen LogP) is 0.178. The summed E-state index contributed by atoms with van der Waals surface area (Å²) in [6.45, 7) is 0.160. The number of hydrogen-bond acceptors (Lipinski definition) is 3. The summed E-state index contributed by atoms with van der Waals surface area (Å²) in [7, 11) is 3.37. The van der Waals surface area contributed by atoms with Crippen LogP contribution in [0.25, 0.3) is 0 Å². The van der Waals surface area contributed by atoms with Crippen LogP contribution in [0.5, 0.6) is 0 Å². The van der Waals surface area contributed by atoms with Crippen molar-refractivity contribution in [3.05, 3.63) is 18.2 Å². The van der Waals surface area contributed by atoms with Crippen molar-refractivity contribution in [1.29, 1.82) is 0 Å². The smallest absolute Gasteiger partial charge is 0.165 e. The predicted molar refractivity (Wildman–Crippen MR) is 43.8 cm³/mol. The maximum Gasteiger partial charge on any atom is 0.165 e. The number of aryl methyl sites for hydroxylation is 1. The van der Waals surface area contributed by atoms with Gasteiger partial charge in [0.05, 0.1) is 6.42 Å². The summed E-state index contributed by atoms with van der Waals surface area (Å²) < 4.78 is 6.53. The van der Waals surface area contributed by atoms with Gasteiger partial charge in [0.1, 0.15) is 12.4 Å². The van der Waals surface area contributed by atoms with Gasteiger partial charge in [-0.3, -0.25) is 4.79 Å². The Hall–Kier alpha value is -1.16. The minimum absolute atomic E-state index is 0.0480. The van der Waals surface area contributed by atoms with Crippen molar-refractivity contribution in [1.82, 2.24) is 9.55 Å². The van der Waals surface area contributed by atoms with Gasteiger partial charge in [0.15, 0.2) is 5.78 Å². The molecule has 1 aromatic heterocycles. The van der Waals surface area contributed by atoms with Crippen LogP contribution >= 0.6 is 0 Å². The standard InChI is InChI=1S/C8H12N2O2/c1-10-4-3-9-8(10)5-7(11)6-12-2/h3-4H,5-6H2,1-2H3. The number of rotatable bonds is 4. The van der Waals surface area contributed by atoms with Gasteiger partial charge in [0.25, 0.3) is 0 Å². The molecule has 12 heavy (non-hydrogen) atoms. The van der Waals surface area contributed by atoms with E-state index in [0.29, 0.717) is 6.42 Å². The average molecular weight is 168 g/mol. The summed E-state index contributed by atoms with van der Waals surface area (Å²) in [5, 5.41) is 0. The summed E-state index contributed by atoms with van der Waals surface area (Å²) in [4.78, 5) is 15.1. The molecule has 0 atom stereocenters. The van der Waals surface area contributed by atoms with Crippen molar-refractivity contribution < 1.29 is 9.53 Å². The molecule has 0 aliphatic heterocycles. The topological polar surface area (TPSA) is 44.1 Å². The lowest BCUT2D eigenvalue weighted by Crippen LogP contribution is -2.12. The van der Waals surface area contributed by atoms with E-state index in [2.05, 4.69) is 4.98 Å². The SMILES string of the molecule is COCC(=O)Cc1nccn1C. The molecule has 4 heteroatoms. The Morgan fingerprint density at radius 3 is 3.00 bits per heavy atom. The first-order valence-corrected chi connectivity index (χ1v) is 3.71. The van der Waals surface area contributed by atoms with Crippen molar-refractivity contribution in [2.24, 2.45) is 7.05 Å². The third-order valence-electron chi connectivity index (χ3n) is 1.58. The van der Waals surface area contributed by atoms with Gasteiger partial charge in [-0.25, -0.2) is 4.98 Å². The summed E-state index contributed by atoms with van der Waals surface area (Å²) >= 11 is 0. The average Bonchev–Trinajstić information content (AvgIpc) is 2.37. The van der Waals surface area contributed by atoms with Gasteiger partial charge >= 0.3 is 0 Å². The van der Waals surface area contributed by atoms with Crippen molar-refractivity contribution in [2.45, 2.75) is 6.42 Å². The number of ether oxygens (including phenoxy) is 1. The normalized spacial score (nSPS) is 10.2. The molecule has 1 aromatic rings. The molecule has 0 aliphatic rings. The van der Waals surface area contributed by atoms with Gasteiger partial charge in [-0.1, -0.05) is 0 Å². The van der Waals surface area contributed by atoms with Gasteiger partial charge < -0.3 is 9.30 Å². The van der Waals surface area contributed by atoms with Crippen molar-refractivity contribution in [3.63, 3.8) is 0 Å². The van der Waals surface area contributed by atoms with Gasteiger partial charge in [0, 0.05) is 26.6 Å². The first-order valence-electron chi connectivity index (χ1n) is 3.71. The largest absolute Gasteiger partial charge is 0.377 e. The molecule has 0 saturated carbocycles. The van der Waals surface area contributed by atoms with E-state index >= 15 is 0 Å². The zero-order valence-electron chi connectivity index (χ0n) is 7.28. The van der Waals surface area contributed by atoms with Crippen LogP contribution in [0.4, 0.5) is 0 Å². The highest BCUT2D eigenvalue weighted by Crippen LogP contribution is 1.96. The molecule has 0 amide bonds. The molecule has 1 heterocycles. The summed E-state index contributed by atoms with van der Waals surface area (Å²) in [6, 6.07) is 0. The van der Waals surface area contributed by atoms with Gasteiger partial charge in [-0.2, -0.15) is 0 Å². The monoisotopic (exact) mass is 168 g/mol. The lowest BCUT2D eigenvalue weighted by atomic mass is 10.3. The van der Waals surface area contributed by atoms with Crippen LogP contribution in [0, 0.1) is 0 Å². The number of ketones is 1. The highest BCUT2D eigenvalue weighted by Gasteiger charge is 2.05. The second-order valence-corrected chi connectivity index (χ2v) is 2.60. The maximum absolute atomic E-state index is 11.1. The molecule has 0 radical (unpaired) electrons. The molecular formula is C8H12N2O2. The fourth-order valence-corrected chi connectivity index (χ4v) is 0.955. The van der Waals surface area contributed by atoms with E-state index in [0.717, 1.165) is 5.82 Å². The van der Waals surface area contributed by atoms with E-state index in [9.17, 15) is 4.79 Å². The van der Waals surface area contributed by atoms with Crippen LogP contribution in [0.15, 0.2) is 12.4 Å². The zero-order valence-corrected chi connectivity index (χ0v) is 7.28. The Kier molecular flexibility index (Phi) is 2.99. The van der Waals surface area contributed by atoms with E-state index in [1.54, 1.807) is 6.20 Å². The first kappa shape index (κ1) is 8.93. The maximum atomic E-state index is 11.1. The highest BCUT2D eigenvalue weighted by atomic mass is 16.5. The third kappa shape index (κ3) is 2.17. The Morgan fingerprint density at radius 1 is 1.75 bits per heavy atom. The number of carbonyl (C=O) groups is 1. The molecule has 0 N–H and O–H groups in total. The third-order valence-corrected chi connectivity index (χ3v) is 1.58. The van der Waals surface area contributed by atoms with E-state index in [1.165, 1.54) is 7.11 Å². The van der Waals surface area contributed by atoms with Gasteiger partial charge in [0.2, 0.25) is 0 Å². The first-order chi connectivity index (χ1) is 5.74. The summed E-state index contributed by atoms with van der Waals surface area (Å²) in [5.74, 6) is 0.823. The number of hydrogen-bond donors (Lipinski definition) is 0. The molecule has 0 bridgehead atoms. The molecule has 0 saturated heterocycles. The van der Waals surface area contributed by atoms with Gasteiger partial charge in [-0.05, 0) is 0 Å². The Morgan fingerprint density at radius 2 is 2.50 bits per heavy atom. The number of carbonyl (C=O) groups excluding carboxylic acids is 1. The molecule has 1 rings (SSSR count). The zero-order chi connectivity index (χ0) is 8.97. The van der Waals surface area contributed by atoms with Gasteiger partial charge in [-0.15, -0.1) is 0 Å². The molecule has 66 valence electrons. The summed E-state index contributed by atoms with van der Waals surface area (Å²) in [5.41, 5.74) is 0. The highest BCUT2D eigenvalue weighted by molar-refractivity contribution is 5.81. The molecular weight excluding hydrogens is 156 g/mol.